The summed E-state index contributed by atoms with van der Waals surface area (Å²) in [4.78, 5) is 0. The Bertz CT molecular complexity index is 325. The number of sulfone groups is 1. The molecule has 0 aromatic rings. The van der Waals surface area contributed by atoms with Gasteiger partial charge in [-0.3, -0.25) is 0 Å². The minimum atomic E-state index is -2.79. The van der Waals surface area contributed by atoms with E-state index in [4.69, 9.17) is 0 Å². The highest BCUT2D eigenvalue weighted by molar-refractivity contribution is 7.91. The van der Waals surface area contributed by atoms with Crippen molar-refractivity contribution in [3.63, 3.8) is 0 Å². The van der Waals surface area contributed by atoms with Gasteiger partial charge in [0.05, 0.1) is 5.75 Å². The minimum Gasteiger partial charge on any atom is -0.314 e. The first-order valence-corrected chi connectivity index (χ1v) is 9.22. The maximum atomic E-state index is 11.4. The highest BCUT2D eigenvalue weighted by Gasteiger charge is 2.26. The van der Waals surface area contributed by atoms with Crippen LogP contribution in [0.4, 0.5) is 0 Å². The van der Waals surface area contributed by atoms with E-state index in [1.807, 2.05) is 0 Å². The van der Waals surface area contributed by atoms with Gasteiger partial charge in [0.15, 0.2) is 0 Å². The Labute approximate surface area is 113 Å². The maximum Gasteiger partial charge on any atom is 0.150 e. The predicted molar refractivity (Wildman–Crippen MR) is 77.5 cm³/mol. The molecule has 0 spiro atoms. The minimum absolute atomic E-state index is 0.269. The molecule has 4 heteroatoms. The van der Waals surface area contributed by atoms with Crippen molar-refractivity contribution in [1.29, 1.82) is 0 Å². The summed E-state index contributed by atoms with van der Waals surface area (Å²) >= 11 is 0. The normalized spacial score (nSPS) is 25.6. The van der Waals surface area contributed by atoms with Crippen LogP contribution in [0.3, 0.4) is 0 Å². The lowest BCUT2D eigenvalue weighted by Gasteiger charge is -2.35. The average molecular weight is 275 g/mol. The third-order valence-electron chi connectivity index (χ3n) is 4.15. The summed E-state index contributed by atoms with van der Waals surface area (Å²) in [7, 11) is -2.79. The van der Waals surface area contributed by atoms with Gasteiger partial charge in [0.25, 0.3) is 0 Å². The van der Waals surface area contributed by atoms with Gasteiger partial charge >= 0.3 is 0 Å². The maximum absolute atomic E-state index is 11.4. The van der Waals surface area contributed by atoms with Crippen molar-refractivity contribution in [2.24, 2.45) is 11.8 Å². The molecule has 18 heavy (non-hydrogen) atoms. The SMILES string of the molecule is CCS(=O)(=O)CCCNC1CCCCC1C(C)C. The van der Waals surface area contributed by atoms with Gasteiger partial charge in [-0.2, -0.15) is 0 Å². The highest BCUT2D eigenvalue weighted by atomic mass is 32.2. The van der Waals surface area contributed by atoms with E-state index in [9.17, 15) is 8.42 Å². The van der Waals surface area contributed by atoms with Gasteiger partial charge in [-0.05, 0) is 37.6 Å². The van der Waals surface area contributed by atoms with Crippen LogP contribution in [-0.4, -0.2) is 32.5 Å². The summed E-state index contributed by atoms with van der Waals surface area (Å²) in [6.07, 6.45) is 5.99. The van der Waals surface area contributed by atoms with E-state index in [-0.39, 0.29) is 5.75 Å². The summed E-state index contributed by atoms with van der Waals surface area (Å²) in [5, 5.41) is 3.59. The van der Waals surface area contributed by atoms with Crippen molar-refractivity contribution in [3.05, 3.63) is 0 Å². The van der Waals surface area contributed by atoms with E-state index in [0.717, 1.165) is 24.8 Å². The first kappa shape index (κ1) is 16.0. The molecule has 0 aliphatic heterocycles. The standard InChI is InChI=1S/C14H29NO2S/c1-4-18(16,17)11-7-10-15-14-9-6-5-8-13(14)12(2)3/h12-15H,4-11H2,1-3H3. The van der Waals surface area contributed by atoms with Crippen LogP contribution in [0.2, 0.25) is 0 Å². The molecule has 108 valence electrons. The quantitative estimate of drug-likeness (QED) is 0.727. The molecule has 1 fully saturated rings. The predicted octanol–water partition coefficient (Wildman–Crippen LogP) is 2.62. The van der Waals surface area contributed by atoms with Crippen molar-refractivity contribution in [2.75, 3.05) is 18.1 Å². The van der Waals surface area contributed by atoms with Crippen LogP contribution < -0.4 is 5.32 Å². The van der Waals surface area contributed by atoms with E-state index < -0.39 is 9.84 Å². The van der Waals surface area contributed by atoms with E-state index in [2.05, 4.69) is 19.2 Å². The molecule has 0 aromatic heterocycles. The van der Waals surface area contributed by atoms with Crippen molar-refractivity contribution < 1.29 is 8.42 Å². The van der Waals surface area contributed by atoms with Gasteiger partial charge in [0.1, 0.15) is 9.84 Å². The number of hydrogen-bond donors (Lipinski definition) is 1. The van der Waals surface area contributed by atoms with Crippen molar-refractivity contribution in [1.82, 2.24) is 5.32 Å². The summed E-state index contributed by atoms with van der Waals surface area (Å²) in [6.45, 7) is 7.16. The third-order valence-corrected chi connectivity index (χ3v) is 5.94. The average Bonchev–Trinajstić information content (AvgIpc) is 2.35. The van der Waals surface area contributed by atoms with Crippen LogP contribution >= 0.6 is 0 Å². The fourth-order valence-corrected chi connectivity index (χ4v) is 3.81. The molecule has 0 aromatic carbocycles. The van der Waals surface area contributed by atoms with Gasteiger partial charge in [0, 0.05) is 11.8 Å². The van der Waals surface area contributed by atoms with Crippen molar-refractivity contribution in [3.8, 4) is 0 Å². The Morgan fingerprint density at radius 1 is 1.22 bits per heavy atom. The molecular formula is C14H29NO2S. The third kappa shape index (κ3) is 5.27. The molecule has 0 radical (unpaired) electrons. The Morgan fingerprint density at radius 3 is 2.50 bits per heavy atom. The van der Waals surface area contributed by atoms with Gasteiger partial charge < -0.3 is 5.32 Å². The van der Waals surface area contributed by atoms with Crippen LogP contribution in [0.1, 0.15) is 52.9 Å². The molecular weight excluding hydrogens is 246 g/mol. The fraction of sp³-hybridized carbons (Fsp3) is 1.00. The first-order chi connectivity index (χ1) is 8.46. The summed E-state index contributed by atoms with van der Waals surface area (Å²) in [5.41, 5.74) is 0. The fourth-order valence-electron chi connectivity index (χ4n) is 2.93. The zero-order chi connectivity index (χ0) is 13.6. The van der Waals surface area contributed by atoms with Crippen LogP contribution in [0, 0.1) is 11.8 Å². The van der Waals surface area contributed by atoms with E-state index in [0.29, 0.717) is 11.8 Å². The van der Waals surface area contributed by atoms with E-state index in [1.165, 1.54) is 25.7 Å². The van der Waals surface area contributed by atoms with E-state index >= 15 is 0 Å². The Morgan fingerprint density at radius 2 is 1.89 bits per heavy atom. The summed E-state index contributed by atoms with van der Waals surface area (Å²) in [6, 6.07) is 0.600. The van der Waals surface area contributed by atoms with Crippen LogP contribution in [0.25, 0.3) is 0 Å². The molecule has 2 atom stereocenters. The zero-order valence-corrected chi connectivity index (χ0v) is 12.9. The molecule has 1 aliphatic rings. The smallest absolute Gasteiger partial charge is 0.150 e. The van der Waals surface area contributed by atoms with Crippen LogP contribution in [-0.2, 0) is 9.84 Å². The zero-order valence-electron chi connectivity index (χ0n) is 12.1. The topological polar surface area (TPSA) is 46.2 Å². The molecule has 1 N–H and O–H groups in total. The van der Waals surface area contributed by atoms with Crippen LogP contribution in [0.15, 0.2) is 0 Å². The molecule has 1 rings (SSSR count). The second kappa shape index (κ2) is 7.49. The molecule has 0 amide bonds. The molecule has 0 bridgehead atoms. The second-order valence-electron chi connectivity index (χ2n) is 5.84. The highest BCUT2D eigenvalue weighted by Crippen LogP contribution is 2.30. The monoisotopic (exact) mass is 275 g/mol. The number of hydrogen-bond acceptors (Lipinski definition) is 3. The lowest BCUT2D eigenvalue weighted by Crippen LogP contribution is -2.41. The summed E-state index contributed by atoms with van der Waals surface area (Å²) in [5.74, 6) is 2.09. The Kier molecular flexibility index (Phi) is 6.64. The van der Waals surface area contributed by atoms with Crippen molar-refractivity contribution >= 4 is 9.84 Å². The second-order valence-corrected chi connectivity index (χ2v) is 8.32. The van der Waals surface area contributed by atoms with E-state index in [1.54, 1.807) is 6.92 Å². The molecule has 1 aliphatic carbocycles. The Balaban J connectivity index is 2.29. The van der Waals surface area contributed by atoms with Crippen molar-refractivity contribution in [2.45, 2.75) is 58.9 Å². The van der Waals surface area contributed by atoms with Gasteiger partial charge in [-0.25, -0.2) is 8.42 Å². The lowest BCUT2D eigenvalue weighted by atomic mass is 9.78. The molecule has 2 unspecified atom stereocenters. The lowest BCUT2D eigenvalue weighted by molar-refractivity contribution is 0.206. The first-order valence-electron chi connectivity index (χ1n) is 7.40. The van der Waals surface area contributed by atoms with Gasteiger partial charge in [-0.15, -0.1) is 0 Å². The van der Waals surface area contributed by atoms with Crippen LogP contribution in [0.5, 0.6) is 0 Å². The molecule has 0 heterocycles. The van der Waals surface area contributed by atoms with Gasteiger partial charge in [-0.1, -0.05) is 33.6 Å². The molecule has 3 nitrogen and oxygen atoms in total. The Hall–Kier alpha value is -0.0900. The number of rotatable bonds is 7. The molecule has 0 saturated heterocycles. The van der Waals surface area contributed by atoms with Gasteiger partial charge in [0.2, 0.25) is 0 Å². The number of nitrogens with one attached hydrogen (secondary N) is 1. The molecule has 1 saturated carbocycles. The summed E-state index contributed by atoms with van der Waals surface area (Å²) < 4.78 is 22.8. The largest absolute Gasteiger partial charge is 0.314 e.